The minimum atomic E-state index is -0.282. The predicted octanol–water partition coefficient (Wildman–Crippen LogP) is 3.68. The van der Waals surface area contributed by atoms with Crippen LogP contribution in [-0.2, 0) is 11.3 Å². The van der Waals surface area contributed by atoms with E-state index in [1.165, 1.54) is 6.26 Å². The normalized spacial score (nSPS) is 14.9. The molecule has 8 nitrogen and oxygen atoms in total. The maximum Gasteiger partial charge on any atom is 0.287 e. The van der Waals surface area contributed by atoms with Gasteiger partial charge >= 0.3 is 0 Å². The topological polar surface area (TPSA) is 82.4 Å². The van der Waals surface area contributed by atoms with Gasteiger partial charge < -0.3 is 28.7 Å². The van der Waals surface area contributed by atoms with Crippen LogP contribution in [0, 0.1) is 0 Å². The molecule has 0 radical (unpaired) electrons. The van der Waals surface area contributed by atoms with Crippen molar-refractivity contribution >= 4 is 5.91 Å². The van der Waals surface area contributed by atoms with Crippen LogP contribution in [0.5, 0.6) is 17.2 Å². The number of morpholine rings is 1. The fraction of sp³-hybridized carbons (Fsp3) is 0.346. The average Bonchev–Trinajstić information content (AvgIpc) is 3.37. The average molecular weight is 467 g/mol. The van der Waals surface area contributed by atoms with Crippen molar-refractivity contribution in [1.82, 2.24) is 10.2 Å². The van der Waals surface area contributed by atoms with Gasteiger partial charge in [-0.15, -0.1) is 0 Å². The first-order chi connectivity index (χ1) is 16.7. The third-order valence-corrected chi connectivity index (χ3v) is 5.83. The number of nitrogens with one attached hydrogen (secondary N) is 1. The molecule has 1 aliphatic rings. The summed E-state index contributed by atoms with van der Waals surface area (Å²) in [5.74, 6) is 2.01. The Balaban J connectivity index is 1.46. The fourth-order valence-electron chi connectivity index (χ4n) is 4.00. The third kappa shape index (κ3) is 5.70. The smallest absolute Gasteiger partial charge is 0.287 e. The number of carbonyl (C=O) groups excluding carboxylic acids is 1. The van der Waals surface area contributed by atoms with Crippen LogP contribution in [0.2, 0.25) is 0 Å². The fourth-order valence-corrected chi connectivity index (χ4v) is 4.00. The molecule has 1 atom stereocenters. The van der Waals surface area contributed by atoms with Crippen LogP contribution in [0.3, 0.4) is 0 Å². The summed E-state index contributed by atoms with van der Waals surface area (Å²) in [7, 11) is 3.22. The Morgan fingerprint density at radius 2 is 1.79 bits per heavy atom. The van der Waals surface area contributed by atoms with Crippen molar-refractivity contribution < 1.29 is 28.2 Å². The molecule has 2 aromatic carbocycles. The number of para-hydroxylation sites is 1. The molecule has 0 spiro atoms. The van der Waals surface area contributed by atoms with Crippen LogP contribution in [0.4, 0.5) is 0 Å². The number of nitrogens with zero attached hydrogens (tertiary/aromatic N) is 1. The summed E-state index contributed by atoms with van der Waals surface area (Å²) < 4.78 is 27.7. The summed E-state index contributed by atoms with van der Waals surface area (Å²) >= 11 is 0. The first-order valence-electron chi connectivity index (χ1n) is 11.3. The van der Waals surface area contributed by atoms with Crippen molar-refractivity contribution in [2.45, 2.75) is 12.6 Å². The van der Waals surface area contributed by atoms with Crippen molar-refractivity contribution in [3.63, 3.8) is 0 Å². The van der Waals surface area contributed by atoms with E-state index in [1.807, 2.05) is 48.5 Å². The highest BCUT2D eigenvalue weighted by molar-refractivity contribution is 5.92. The van der Waals surface area contributed by atoms with Gasteiger partial charge in [0, 0.05) is 25.2 Å². The van der Waals surface area contributed by atoms with E-state index in [9.17, 15) is 4.79 Å². The Hall–Kier alpha value is -3.49. The first kappa shape index (κ1) is 23.7. The first-order valence-corrected chi connectivity index (χ1v) is 11.3. The molecule has 1 fully saturated rings. The molecule has 1 amide bonds. The van der Waals surface area contributed by atoms with Gasteiger partial charge in [0.1, 0.15) is 12.4 Å². The SMILES string of the molecule is COc1ccc(C(CNC(=O)c2occc2COc2ccccc2)N2CCOCC2)cc1OC. The van der Waals surface area contributed by atoms with E-state index in [-0.39, 0.29) is 24.3 Å². The molecule has 1 unspecified atom stereocenters. The van der Waals surface area contributed by atoms with Crippen LogP contribution in [0.1, 0.15) is 27.7 Å². The summed E-state index contributed by atoms with van der Waals surface area (Å²) in [6.45, 7) is 3.48. The number of methoxy groups -OCH3 is 2. The number of ether oxygens (including phenoxy) is 4. The number of amides is 1. The van der Waals surface area contributed by atoms with Gasteiger partial charge in [0.05, 0.1) is 39.7 Å². The maximum atomic E-state index is 13.0. The standard InChI is InChI=1S/C26H30N2O6/c1-30-23-9-8-19(16-24(23)31-2)22(28-11-14-32-15-12-28)17-27-26(29)25-20(10-13-33-25)18-34-21-6-4-3-5-7-21/h3-10,13,16,22H,11-12,14-15,17-18H2,1-2H3,(H,27,29). The zero-order chi connectivity index (χ0) is 23.8. The van der Waals surface area contributed by atoms with Crippen LogP contribution >= 0.6 is 0 Å². The van der Waals surface area contributed by atoms with E-state index in [0.29, 0.717) is 36.8 Å². The minimum Gasteiger partial charge on any atom is -0.493 e. The van der Waals surface area contributed by atoms with Gasteiger partial charge in [-0.05, 0) is 35.9 Å². The summed E-state index contributed by atoms with van der Waals surface area (Å²) in [4.78, 5) is 15.3. The lowest BCUT2D eigenvalue weighted by Gasteiger charge is -2.35. The zero-order valence-electron chi connectivity index (χ0n) is 19.5. The molecule has 1 aromatic heterocycles. The van der Waals surface area contributed by atoms with Gasteiger partial charge in [-0.2, -0.15) is 0 Å². The Labute approximate surface area is 199 Å². The van der Waals surface area contributed by atoms with E-state index in [1.54, 1.807) is 20.3 Å². The molecule has 3 aromatic rings. The number of hydrogen-bond donors (Lipinski definition) is 1. The molecule has 0 bridgehead atoms. The van der Waals surface area contributed by atoms with Crippen LogP contribution in [-0.4, -0.2) is 57.9 Å². The van der Waals surface area contributed by atoms with Crippen molar-refractivity contribution in [2.75, 3.05) is 47.1 Å². The summed E-state index contributed by atoms with van der Waals surface area (Å²) in [5, 5.41) is 3.04. The molecule has 180 valence electrons. The predicted molar refractivity (Wildman–Crippen MR) is 126 cm³/mol. The molecular weight excluding hydrogens is 436 g/mol. The number of hydrogen-bond acceptors (Lipinski definition) is 7. The van der Waals surface area contributed by atoms with Crippen molar-refractivity contribution in [2.24, 2.45) is 0 Å². The maximum absolute atomic E-state index is 13.0. The highest BCUT2D eigenvalue weighted by atomic mass is 16.5. The van der Waals surface area contributed by atoms with Gasteiger partial charge in [-0.3, -0.25) is 9.69 Å². The Morgan fingerprint density at radius 1 is 1.03 bits per heavy atom. The molecule has 1 aliphatic heterocycles. The second-order valence-electron chi connectivity index (χ2n) is 7.87. The summed E-state index contributed by atoms with van der Waals surface area (Å²) in [6, 6.07) is 17.0. The Bertz CT molecular complexity index is 1060. The molecular formula is C26H30N2O6. The molecule has 1 N–H and O–H groups in total. The van der Waals surface area contributed by atoms with E-state index in [4.69, 9.17) is 23.4 Å². The van der Waals surface area contributed by atoms with E-state index in [0.717, 1.165) is 24.4 Å². The van der Waals surface area contributed by atoms with Crippen molar-refractivity contribution in [3.8, 4) is 17.2 Å². The molecule has 2 heterocycles. The Morgan fingerprint density at radius 3 is 2.53 bits per heavy atom. The quantitative estimate of drug-likeness (QED) is 0.488. The molecule has 0 saturated carbocycles. The number of rotatable bonds is 10. The van der Waals surface area contributed by atoms with E-state index < -0.39 is 0 Å². The second-order valence-corrected chi connectivity index (χ2v) is 7.87. The van der Waals surface area contributed by atoms with Crippen molar-refractivity contribution in [3.05, 3.63) is 77.7 Å². The van der Waals surface area contributed by atoms with Gasteiger partial charge in [-0.25, -0.2) is 0 Å². The van der Waals surface area contributed by atoms with E-state index >= 15 is 0 Å². The minimum absolute atomic E-state index is 0.0633. The number of benzene rings is 2. The summed E-state index contributed by atoms with van der Waals surface area (Å²) in [5.41, 5.74) is 1.71. The molecule has 34 heavy (non-hydrogen) atoms. The second kappa shape index (κ2) is 11.6. The molecule has 8 heteroatoms. The van der Waals surface area contributed by atoms with Gasteiger partial charge in [0.25, 0.3) is 5.91 Å². The van der Waals surface area contributed by atoms with Crippen LogP contribution < -0.4 is 19.5 Å². The lowest BCUT2D eigenvalue weighted by molar-refractivity contribution is 0.0161. The molecule has 0 aliphatic carbocycles. The lowest BCUT2D eigenvalue weighted by atomic mass is 10.0. The highest BCUT2D eigenvalue weighted by Gasteiger charge is 2.25. The van der Waals surface area contributed by atoms with Crippen LogP contribution in [0.25, 0.3) is 0 Å². The van der Waals surface area contributed by atoms with Gasteiger partial charge in [0.2, 0.25) is 0 Å². The zero-order valence-corrected chi connectivity index (χ0v) is 19.5. The number of carbonyl (C=O) groups is 1. The monoisotopic (exact) mass is 466 g/mol. The Kier molecular flexibility index (Phi) is 8.06. The van der Waals surface area contributed by atoms with Gasteiger partial charge in [0.15, 0.2) is 17.3 Å². The van der Waals surface area contributed by atoms with Crippen LogP contribution in [0.15, 0.2) is 65.3 Å². The highest BCUT2D eigenvalue weighted by Crippen LogP contribution is 2.32. The van der Waals surface area contributed by atoms with Crippen molar-refractivity contribution in [1.29, 1.82) is 0 Å². The van der Waals surface area contributed by atoms with E-state index in [2.05, 4.69) is 10.2 Å². The molecule has 4 rings (SSSR count). The molecule has 1 saturated heterocycles. The summed E-state index contributed by atoms with van der Waals surface area (Å²) in [6.07, 6.45) is 1.51. The van der Waals surface area contributed by atoms with Gasteiger partial charge in [-0.1, -0.05) is 24.3 Å². The number of furan rings is 1. The lowest BCUT2D eigenvalue weighted by Crippen LogP contribution is -2.43. The third-order valence-electron chi connectivity index (χ3n) is 5.83. The largest absolute Gasteiger partial charge is 0.493 e.